The van der Waals surface area contributed by atoms with Crippen LogP contribution >= 0.6 is 11.8 Å². The second kappa shape index (κ2) is 15.0. The Morgan fingerprint density at radius 3 is 2.29 bits per heavy atom. The molecule has 1 aliphatic rings. The van der Waals surface area contributed by atoms with Crippen molar-refractivity contribution in [2.75, 3.05) is 16.4 Å². The molecule has 0 aromatic heterocycles. The maximum Gasteiger partial charge on any atom is 0.303 e. The van der Waals surface area contributed by atoms with E-state index in [1.807, 2.05) is 66.7 Å². The third-order valence-corrected chi connectivity index (χ3v) is 8.05. The first-order valence-corrected chi connectivity index (χ1v) is 14.8. The molecule has 1 heterocycles. The number of aliphatic hydroxyl groups excluding tert-OH is 1. The average Bonchev–Trinajstić information content (AvgIpc) is 2.97. The number of carbonyl (C=O) groups is 3. The van der Waals surface area contributed by atoms with Gasteiger partial charge in [-0.15, -0.1) is 11.8 Å². The van der Waals surface area contributed by atoms with Gasteiger partial charge in [-0.3, -0.25) is 14.4 Å². The largest absolute Gasteiger partial charge is 0.481 e. The molecule has 0 spiro atoms. The summed E-state index contributed by atoms with van der Waals surface area (Å²) in [6.07, 6.45) is -0.838. The highest BCUT2D eigenvalue weighted by atomic mass is 32.2. The summed E-state index contributed by atoms with van der Waals surface area (Å²) in [4.78, 5) is 35.5. The van der Waals surface area contributed by atoms with Gasteiger partial charge >= 0.3 is 5.97 Å². The Labute approximate surface area is 249 Å². The number of carbonyl (C=O) groups excluding carboxylic acids is 2. The van der Waals surface area contributed by atoms with Crippen molar-refractivity contribution in [3.8, 4) is 0 Å². The van der Waals surface area contributed by atoms with Crippen LogP contribution in [0.2, 0.25) is 0 Å². The number of benzene rings is 3. The molecule has 0 aliphatic carbocycles. The van der Waals surface area contributed by atoms with E-state index < -0.39 is 12.3 Å². The van der Waals surface area contributed by atoms with E-state index in [0.717, 1.165) is 27.3 Å². The van der Waals surface area contributed by atoms with Crippen molar-refractivity contribution in [1.82, 2.24) is 0 Å². The molecular weight excluding hydrogens is 556 g/mol. The van der Waals surface area contributed by atoms with Crippen molar-refractivity contribution < 1.29 is 34.1 Å². The first-order chi connectivity index (χ1) is 20.2. The number of carboxylic acid groups (broad SMARTS) is 1. The molecule has 222 valence electrons. The van der Waals surface area contributed by atoms with E-state index in [1.165, 1.54) is 6.92 Å². The molecule has 3 aromatic carbocycles. The van der Waals surface area contributed by atoms with Crippen molar-refractivity contribution in [2.24, 2.45) is 5.92 Å². The number of aliphatic hydroxyl groups is 1. The standard InChI is InChI=1S/C32H36N2O7S/c1-20-28(19-42-27-15-13-25(14-16-27)33-21(2)36)40-32(41-31(20)23-11-9-22(18-35)10-12-23)24-5-3-6-26(17-24)34-29(37)7-4-8-30(38)39/h3,5-6,9-17,20,28,31-32,35H,4,7-8,18-19H2,1-2H3,(H,33,36)(H,34,37)(H,38,39)/t20-,28+,31+,32+/m0/s1. The monoisotopic (exact) mass is 592 g/mol. The van der Waals surface area contributed by atoms with Gasteiger partial charge in [-0.25, -0.2) is 0 Å². The number of nitrogens with one attached hydrogen (secondary N) is 2. The number of amides is 2. The molecule has 1 aliphatic heterocycles. The highest BCUT2D eigenvalue weighted by Gasteiger charge is 2.38. The number of hydrogen-bond acceptors (Lipinski definition) is 7. The zero-order valence-electron chi connectivity index (χ0n) is 23.6. The minimum Gasteiger partial charge on any atom is -0.481 e. The Balaban J connectivity index is 1.51. The smallest absolute Gasteiger partial charge is 0.303 e. The summed E-state index contributed by atoms with van der Waals surface area (Å²) in [6.45, 7) is 3.53. The first kappa shape index (κ1) is 31.2. The highest BCUT2D eigenvalue weighted by molar-refractivity contribution is 7.99. The van der Waals surface area contributed by atoms with Crippen LogP contribution in [-0.4, -0.2) is 39.9 Å². The topological polar surface area (TPSA) is 134 Å². The molecule has 9 nitrogen and oxygen atoms in total. The van der Waals surface area contributed by atoms with Crippen molar-refractivity contribution in [2.45, 2.75) is 63.1 Å². The van der Waals surface area contributed by atoms with Crippen LogP contribution in [0.3, 0.4) is 0 Å². The second-order valence-electron chi connectivity index (χ2n) is 10.3. The van der Waals surface area contributed by atoms with Crippen LogP contribution in [0.15, 0.2) is 77.7 Å². The molecular formula is C32H36N2O7S. The molecule has 2 amide bonds. The van der Waals surface area contributed by atoms with Gasteiger partial charge in [0.2, 0.25) is 11.8 Å². The molecule has 10 heteroatoms. The maximum absolute atomic E-state index is 12.4. The minimum atomic E-state index is -0.930. The van der Waals surface area contributed by atoms with Crippen molar-refractivity contribution >= 4 is 40.9 Å². The molecule has 1 saturated heterocycles. The van der Waals surface area contributed by atoms with E-state index in [1.54, 1.807) is 17.8 Å². The Morgan fingerprint density at radius 2 is 1.62 bits per heavy atom. The van der Waals surface area contributed by atoms with Gasteiger partial charge in [-0.1, -0.05) is 43.3 Å². The van der Waals surface area contributed by atoms with Crippen molar-refractivity contribution in [3.05, 3.63) is 89.5 Å². The molecule has 1 fully saturated rings. The number of carboxylic acids is 1. The molecule has 4 rings (SSSR count). The summed E-state index contributed by atoms with van der Waals surface area (Å²) in [5, 5.41) is 23.9. The van der Waals surface area contributed by atoms with Crippen LogP contribution in [0.1, 0.15) is 62.2 Å². The molecule has 4 atom stereocenters. The van der Waals surface area contributed by atoms with E-state index in [4.69, 9.17) is 14.6 Å². The molecule has 0 unspecified atom stereocenters. The number of thioether (sulfide) groups is 1. The van der Waals surface area contributed by atoms with Crippen LogP contribution < -0.4 is 10.6 Å². The second-order valence-corrected chi connectivity index (χ2v) is 11.4. The lowest BCUT2D eigenvalue weighted by Gasteiger charge is -2.41. The van der Waals surface area contributed by atoms with Gasteiger partial charge in [0.05, 0.1) is 18.8 Å². The van der Waals surface area contributed by atoms with Gasteiger partial charge in [0.25, 0.3) is 0 Å². The Hall–Kier alpha value is -3.70. The lowest BCUT2D eigenvalue weighted by Crippen LogP contribution is -2.38. The van der Waals surface area contributed by atoms with E-state index in [-0.39, 0.29) is 55.8 Å². The van der Waals surface area contributed by atoms with Gasteiger partial charge in [-0.05, 0) is 53.9 Å². The lowest BCUT2D eigenvalue weighted by molar-refractivity contribution is -0.268. The van der Waals surface area contributed by atoms with Crippen LogP contribution in [0.25, 0.3) is 0 Å². The molecule has 42 heavy (non-hydrogen) atoms. The third-order valence-electron chi connectivity index (χ3n) is 6.95. The molecule has 0 bridgehead atoms. The molecule has 0 saturated carbocycles. The Morgan fingerprint density at radius 1 is 0.881 bits per heavy atom. The quantitative estimate of drug-likeness (QED) is 0.191. The Bertz CT molecular complexity index is 1360. The number of hydrogen-bond donors (Lipinski definition) is 4. The average molecular weight is 593 g/mol. The van der Waals surface area contributed by atoms with Crippen LogP contribution in [0.4, 0.5) is 11.4 Å². The summed E-state index contributed by atoms with van der Waals surface area (Å²) in [5.41, 5.74) is 3.86. The number of ether oxygens (including phenoxy) is 2. The zero-order chi connectivity index (χ0) is 30.1. The van der Waals surface area contributed by atoms with Gasteiger partial charge in [-0.2, -0.15) is 0 Å². The van der Waals surface area contributed by atoms with Gasteiger partial charge < -0.3 is 30.3 Å². The van der Waals surface area contributed by atoms with E-state index >= 15 is 0 Å². The summed E-state index contributed by atoms with van der Waals surface area (Å²) in [6, 6.07) is 22.7. The van der Waals surface area contributed by atoms with Crippen molar-refractivity contribution in [1.29, 1.82) is 0 Å². The van der Waals surface area contributed by atoms with Crippen LogP contribution in [-0.2, 0) is 30.5 Å². The number of rotatable bonds is 12. The predicted molar refractivity (Wildman–Crippen MR) is 161 cm³/mol. The first-order valence-electron chi connectivity index (χ1n) is 13.8. The van der Waals surface area contributed by atoms with E-state index in [0.29, 0.717) is 11.4 Å². The number of anilines is 2. The van der Waals surface area contributed by atoms with Crippen LogP contribution in [0, 0.1) is 5.92 Å². The fraction of sp³-hybridized carbons (Fsp3) is 0.344. The fourth-order valence-electron chi connectivity index (χ4n) is 4.71. The highest BCUT2D eigenvalue weighted by Crippen LogP contribution is 2.43. The number of aliphatic carboxylic acids is 1. The summed E-state index contributed by atoms with van der Waals surface area (Å²) in [7, 11) is 0. The Kier molecular flexibility index (Phi) is 11.1. The normalized spacial score (nSPS) is 20.1. The van der Waals surface area contributed by atoms with Crippen LogP contribution in [0.5, 0.6) is 0 Å². The van der Waals surface area contributed by atoms with E-state index in [2.05, 4.69) is 17.6 Å². The summed E-state index contributed by atoms with van der Waals surface area (Å²) < 4.78 is 13.0. The minimum absolute atomic E-state index is 0.00417. The molecule has 0 radical (unpaired) electrons. The molecule has 4 N–H and O–H groups in total. The zero-order valence-corrected chi connectivity index (χ0v) is 24.4. The van der Waals surface area contributed by atoms with Gasteiger partial charge in [0.15, 0.2) is 6.29 Å². The van der Waals surface area contributed by atoms with E-state index in [9.17, 15) is 19.5 Å². The SMILES string of the molecule is CC(=O)Nc1ccc(SC[C@H]2O[C@@H](c3cccc(NC(=O)CCCC(=O)O)c3)O[C@@H](c3ccc(CO)cc3)[C@H]2C)cc1. The predicted octanol–water partition coefficient (Wildman–Crippen LogP) is 5.91. The summed E-state index contributed by atoms with van der Waals surface area (Å²) in [5.74, 6) is -0.643. The summed E-state index contributed by atoms with van der Waals surface area (Å²) >= 11 is 1.65. The fourth-order valence-corrected chi connectivity index (χ4v) is 5.78. The third kappa shape index (κ3) is 8.90. The molecule has 3 aromatic rings. The van der Waals surface area contributed by atoms with Crippen molar-refractivity contribution in [3.63, 3.8) is 0 Å². The van der Waals surface area contributed by atoms with Gasteiger partial charge in [0.1, 0.15) is 0 Å². The maximum atomic E-state index is 12.4. The lowest BCUT2D eigenvalue weighted by atomic mass is 9.91. The van der Waals surface area contributed by atoms with Gasteiger partial charge in [0, 0.05) is 53.3 Å².